The number of aromatic nitrogens is 1. The molecule has 2 N–H and O–H groups in total. The standard InChI is InChI=1S/C11H16N4O3/c1-4-7(2)14(3)11(16)8-5-10(12)13-6-9(8)15(17)18/h5-7H,4H2,1-3H3,(H2,12,13). The molecule has 0 spiro atoms. The summed E-state index contributed by atoms with van der Waals surface area (Å²) in [6.07, 6.45) is 1.77. The van der Waals surface area contributed by atoms with Crippen molar-refractivity contribution in [3.8, 4) is 0 Å². The van der Waals surface area contributed by atoms with Crippen LogP contribution in [0.3, 0.4) is 0 Å². The van der Waals surface area contributed by atoms with E-state index < -0.39 is 10.8 Å². The number of carbonyl (C=O) groups excluding carboxylic acids is 1. The summed E-state index contributed by atoms with van der Waals surface area (Å²) in [6, 6.07) is 1.23. The van der Waals surface area contributed by atoms with Gasteiger partial charge in [-0.3, -0.25) is 14.9 Å². The Kier molecular flexibility index (Phi) is 4.19. The number of hydrogen-bond donors (Lipinski definition) is 1. The van der Waals surface area contributed by atoms with E-state index in [1.165, 1.54) is 11.0 Å². The molecule has 1 aromatic rings. The number of amides is 1. The molecule has 0 aliphatic rings. The number of carbonyl (C=O) groups is 1. The van der Waals surface area contributed by atoms with Gasteiger partial charge in [0.15, 0.2) is 0 Å². The van der Waals surface area contributed by atoms with E-state index in [1.54, 1.807) is 7.05 Å². The van der Waals surface area contributed by atoms with Crippen LogP contribution in [-0.4, -0.2) is 33.8 Å². The predicted molar refractivity (Wildman–Crippen MR) is 67.2 cm³/mol. The zero-order chi connectivity index (χ0) is 13.9. The first-order valence-electron chi connectivity index (χ1n) is 5.55. The average Bonchev–Trinajstić information content (AvgIpc) is 2.35. The van der Waals surface area contributed by atoms with E-state index in [0.29, 0.717) is 0 Å². The summed E-state index contributed by atoms with van der Waals surface area (Å²) in [5.74, 6) is -0.341. The molecule has 0 fully saturated rings. The fraction of sp³-hybridized carbons (Fsp3) is 0.455. The highest BCUT2D eigenvalue weighted by molar-refractivity contribution is 5.98. The van der Waals surface area contributed by atoms with Crippen molar-refractivity contribution in [1.29, 1.82) is 0 Å². The molecule has 1 amide bonds. The molecule has 7 heteroatoms. The Morgan fingerprint density at radius 3 is 2.78 bits per heavy atom. The Hall–Kier alpha value is -2.18. The van der Waals surface area contributed by atoms with Crippen LogP contribution in [0.25, 0.3) is 0 Å². The molecule has 0 aliphatic heterocycles. The van der Waals surface area contributed by atoms with Gasteiger partial charge in [0.2, 0.25) is 0 Å². The second-order valence-electron chi connectivity index (χ2n) is 4.06. The summed E-state index contributed by atoms with van der Waals surface area (Å²) < 4.78 is 0. The van der Waals surface area contributed by atoms with Gasteiger partial charge in [0.05, 0.1) is 4.92 Å². The first-order chi connectivity index (χ1) is 8.38. The summed E-state index contributed by atoms with van der Waals surface area (Å²) in [5.41, 5.74) is 5.11. The van der Waals surface area contributed by atoms with E-state index >= 15 is 0 Å². The van der Waals surface area contributed by atoms with E-state index in [9.17, 15) is 14.9 Å². The second kappa shape index (κ2) is 5.44. The lowest BCUT2D eigenvalue weighted by atomic mass is 10.1. The Labute approximate surface area is 105 Å². The maximum atomic E-state index is 12.2. The van der Waals surface area contributed by atoms with Crippen LogP contribution in [-0.2, 0) is 0 Å². The number of nitrogens with two attached hydrogens (primary N) is 1. The van der Waals surface area contributed by atoms with Gasteiger partial charge in [-0.1, -0.05) is 6.92 Å². The lowest BCUT2D eigenvalue weighted by molar-refractivity contribution is -0.385. The Balaban J connectivity index is 3.19. The van der Waals surface area contributed by atoms with Crippen LogP contribution in [0.1, 0.15) is 30.6 Å². The minimum Gasteiger partial charge on any atom is -0.384 e. The van der Waals surface area contributed by atoms with E-state index in [1.807, 2.05) is 13.8 Å². The van der Waals surface area contributed by atoms with Gasteiger partial charge < -0.3 is 10.6 Å². The largest absolute Gasteiger partial charge is 0.384 e. The van der Waals surface area contributed by atoms with Crippen molar-refractivity contribution in [3.63, 3.8) is 0 Å². The van der Waals surface area contributed by atoms with Crippen LogP contribution in [0.5, 0.6) is 0 Å². The summed E-state index contributed by atoms with van der Waals surface area (Å²) in [4.78, 5) is 27.5. The molecule has 0 saturated carbocycles. The van der Waals surface area contributed by atoms with E-state index in [4.69, 9.17) is 5.73 Å². The molecule has 0 radical (unpaired) electrons. The summed E-state index contributed by atoms with van der Waals surface area (Å²) in [5, 5.41) is 10.9. The van der Waals surface area contributed by atoms with Crippen LogP contribution in [0, 0.1) is 10.1 Å². The number of hydrogen-bond acceptors (Lipinski definition) is 5. The molecular weight excluding hydrogens is 236 g/mol. The van der Waals surface area contributed by atoms with Crippen LogP contribution < -0.4 is 5.73 Å². The molecule has 7 nitrogen and oxygen atoms in total. The van der Waals surface area contributed by atoms with Crippen molar-refractivity contribution in [3.05, 3.63) is 27.9 Å². The van der Waals surface area contributed by atoms with Gasteiger partial charge in [-0.25, -0.2) is 4.98 Å². The van der Waals surface area contributed by atoms with Gasteiger partial charge >= 0.3 is 0 Å². The first-order valence-corrected chi connectivity index (χ1v) is 5.55. The third-order valence-electron chi connectivity index (χ3n) is 2.90. The van der Waals surface area contributed by atoms with Crippen LogP contribution in [0.15, 0.2) is 12.3 Å². The van der Waals surface area contributed by atoms with Crippen molar-refractivity contribution in [2.75, 3.05) is 12.8 Å². The highest BCUT2D eigenvalue weighted by Crippen LogP contribution is 2.21. The summed E-state index contributed by atoms with van der Waals surface area (Å²) in [7, 11) is 1.61. The molecule has 1 rings (SSSR count). The van der Waals surface area contributed by atoms with Gasteiger partial charge in [-0.15, -0.1) is 0 Å². The van der Waals surface area contributed by atoms with Crippen molar-refractivity contribution in [1.82, 2.24) is 9.88 Å². The minimum atomic E-state index is -0.635. The summed E-state index contributed by atoms with van der Waals surface area (Å²) in [6.45, 7) is 3.80. The van der Waals surface area contributed by atoms with Gasteiger partial charge in [0, 0.05) is 13.1 Å². The SMILES string of the molecule is CCC(C)N(C)C(=O)c1cc(N)ncc1[N+](=O)[O-]. The fourth-order valence-corrected chi connectivity index (χ4v) is 1.45. The van der Waals surface area contributed by atoms with E-state index in [2.05, 4.69) is 4.98 Å². The average molecular weight is 252 g/mol. The maximum absolute atomic E-state index is 12.2. The number of nitro groups is 1. The van der Waals surface area contributed by atoms with E-state index in [0.717, 1.165) is 12.6 Å². The number of pyridine rings is 1. The Bertz CT molecular complexity index is 475. The molecule has 18 heavy (non-hydrogen) atoms. The quantitative estimate of drug-likeness (QED) is 0.645. The lowest BCUT2D eigenvalue weighted by Gasteiger charge is -2.23. The lowest BCUT2D eigenvalue weighted by Crippen LogP contribution is -2.35. The molecule has 1 aromatic heterocycles. The van der Waals surface area contributed by atoms with Gasteiger partial charge in [0.25, 0.3) is 11.6 Å². The van der Waals surface area contributed by atoms with E-state index in [-0.39, 0.29) is 23.1 Å². The third-order valence-corrected chi connectivity index (χ3v) is 2.90. The molecule has 98 valence electrons. The van der Waals surface area contributed by atoms with Crippen LogP contribution >= 0.6 is 0 Å². The van der Waals surface area contributed by atoms with Gasteiger partial charge in [0.1, 0.15) is 17.6 Å². The maximum Gasteiger partial charge on any atom is 0.300 e. The Morgan fingerprint density at radius 1 is 1.67 bits per heavy atom. The molecule has 0 saturated heterocycles. The van der Waals surface area contributed by atoms with Crippen molar-refractivity contribution in [2.45, 2.75) is 26.3 Å². The van der Waals surface area contributed by atoms with Crippen molar-refractivity contribution in [2.24, 2.45) is 0 Å². The monoisotopic (exact) mass is 252 g/mol. The number of nitrogen functional groups attached to an aromatic ring is 1. The molecule has 0 bridgehead atoms. The smallest absolute Gasteiger partial charge is 0.300 e. The molecule has 0 aliphatic carbocycles. The minimum absolute atomic E-state index is 0.00788. The number of anilines is 1. The molecule has 1 heterocycles. The molecule has 1 atom stereocenters. The van der Waals surface area contributed by atoms with Gasteiger partial charge in [-0.05, 0) is 19.4 Å². The first kappa shape index (κ1) is 13.9. The van der Waals surface area contributed by atoms with Crippen molar-refractivity contribution >= 4 is 17.4 Å². The topological polar surface area (TPSA) is 102 Å². The van der Waals surface area contributed by atoms with Crippen molar-refractivity contribution < 1.29 is 9.72 Å². The fourth-order valence-electron chi connectivity index (χ4n) is 1.45. The summed E-state index contributed by atoms with van der Waals surface area (Å²) >= 11 is 0. The number of rotatable bonds is 4. The zero-order valence-corrected chi connectivity index (χ0v) is 10.6. The predicted octanol–water partition coefficient (Wildman–Crippen LogP) is 1.44. The Morgan fingerprint density at radius 2 is 2.28 bits per heavy atom. The number of nitrogens with zero attached hydrogens (tertiary/aromatic N) is 3. The third kappa shape index (κ3) is 2.73. The highest BCUT2D eigenvalue weighted by Gasteiger charge is 2.25. The van der Waals surface area contributed by atoms with Gasteiger partial charge in [-0.2, -0.15) is 0 Å². The van der Waals surface area contributed by atoms with Crippen LogP contribution in [0.2, 0.25) is 0 Å². The molecule has 0 aromatic carbocycles. The molecular formula is C11H16N4O3. The second-order valence-corrected chi connectivity index (χ2v) is 4.06. The normalized spacial score (nSPS) is 11.9. The highest BCUT2D eigenvalue weighted by atomic mass is 16.6. The van der Waals surface area contributed by atoms with Crippen LogP contribution in [0.4, 0.5) is 11.5 Å². The molecule has 1 unspecified atom stereocenters. The zero-order valence-electron chi connectivity index (χ0n) is 10.6.